The van der Waals surface area contributed by atoms with Gasteiger partial charge in [-0.3, -0.25) is 0 Å². The molecule has 1 aromatic heterocycles. The highest BCUT2D eigenvalue weighted by Gasteiger charge is 2.12. The van der Waals surface area contributed by atoms with Gasteiger partial charge in [0, 0.05) is 28.6 Å². The van der Waals surface area contributed by atoms with Gasteiger partial charge in [0.15, 0.2) is 6.20 Å². The molecular weight excluding hydrogens is 370 g/mol. The second-order valence-electron chi connectivity index (χ2n) is 6.94. The highest BCUT2D eigenvalue weighted by molar-refractivity contribution is 9.09. The van der Waals surface area contributed by atoms with E-state index < -0.39 is 0 Å². The first kappa shape index (κ1) is 18.4. The largest absolute Gasteiger partial charge is 0.213 e. The summed E-state index contributed by atoms with van der Waals surface area (Å²) in [6, 6.07) is 17.5. The lowest BCUT2D eigenvalue weighted by Gasteiger charge is -2.06. The first-order valence-corrected chi connectivity index (χ1v) is 10.9. The van der Waals surface area contributed by atoms with Gasteiger partial charge in [-0.25, -0.2) is 0 Å². The lowest BCUT2D eigenvalue weighted by atomic mass is 10.1. The van der Waals surface area contributed by atoms with Crippen LogP contribution >= 0.6 is 15.9 Å². The minimum absolute atomic E-state index is 1.12. The van der Waals surface area contributed by atoms with Crippen LogP contribution < -0.4 is 4.57 Å². The Labute approximate surface area is 160 Å². The molecule has 0 aliphatic carbocycles. The summed E-state index contributed by atoms with van der Waals surface area (Å²) in [7, 11) is 0. The van der Waals surface area contributed by atoms with Crippen molar-refractivity contribution in [3.63, 3.8) is 0 Å². The number of fused-ring (bicyclic) bond motifs is 3. The Morgan fingerprint density at radius 2 is 1.24 bits per heavy atom. The number of hydrogen-bond donors (Lipinski definition) is 0. The van der Waals surface area contributed by atoms with E-state index in [4.69, 9.17) is 0 Å². The molecule has 0 aliphatic heterocycles. The van der Waals surface area contributed by atoms with Gasteiger partial charge in [0.1, 0.15) is 6.54 Å². The standard InChI is InChI=1S/C23H29BrN/c24-17-11-5-3-1-2-4-6-12-18-25-19-20-13-7-8-14-21(20)22-15-9-10-16-23(22)25/h7-10,13-16,19H,1-6,11-12,17-18H2/q+1. The fourth-order valence-electron chi connectivity index (χ4n) is 3.67. The van der Waals surface area contributed by atoms with Crippen molar-refractivity contribution >= 4 is 37.6 Å². The van der Waals surface area contributed by atoms with E-state index in [9.17, 15) is 0 Å². The number of pyridine rings is 1. The molecule has 2 heteroatoms. The molecule has 2 aromatic carbocycles. The van der Waals surface area contributed by atoms with Crippen LogP contribution in [0.15, 0.2) is 54.7 Å². The first-order valence-electron chi connectivity index (χ1n) is 9.76. The highest BCUT2D eigenvalue weighted by Crippen LogP contribution is 2.22. The van der Waals surface area contributed by atoms with E-state index in [0.29, 0.717) is 0 Å². The van der Waals surface area contributed by atoms with Gasteiger partial charge in [-0.05, 0) is 25.0 Å². The maximum absolute atomic E-state index is 3.50. The van der Waals surface area contributed by atoms with Crippen LogP contribution in [0.2, 0.25) is 0 Å². The summed E-state index contributed by atoms with van der Waals surface area (Å²) in [4.78, 5) is 0. The van der Waals surface area contributed by atoms with Crippen molar-refractivity contribution < 1.29 is 4.57 Å². The average Bonchev–Trinajstić information content (AvgIpc) is 2.66. The van der Waals surface area contributed by atoms with Gasteiger partial charge in [-0.1, -0.05) is 78.4 Å². The Balaban J connectivity index is 1.56. The molecule has 3 aromatic rings. The van der Waals surface area contributed by atoms with Crippen molar-refractivity contribution in [1.82, 2.24) is 0 Å². The van der Waals surface area contributed by atoms with Crippen molar-refractivity contribution in [2.24, 2.45) is 0 Å². The molecule has 0 fully saturated rings. The summed E-state index contributed by atoms with van der Waals surface area (Å²) in [5.74, 6) is 0. The lowest BCUT2D eigenvalue weighted by molar-refractivity contribution is -0.670. The van der Waals surface area contributed by atoms with Crippen molar-refractivity contribution in [3.8, 4) is 0 Å². The van der Waals surface area contributed by atoms with Crippen molar-refractivity contribution in [3.05, 3.63) is 54.7 Å². The van der Waals surface area contributed by atoms with Gasteiger partial charge in [0.25, 0.3) is 0 Å². The van der Waals surface area contributed by atoms with E-state index in [1.807, 2.05) is 0 Å². The molecular formula is C23H29BrN+. The quantitative estimate of drug-likeness (QED) is 0.153. The minimum Gasteiger partial charge on any atom is -0.198 e. The average molecular weight is 399 g/mol. The van der Waals surface area contributed by atoms with Crippen LogP contribution in [0.25, 0.3) is 21.7 Å². The third kappa shape index (κ3) is 5.04. The Morgan fingerprint density at radius 1 is 0.640 bits per heavy atom. The number of halogens is 1. The van der Waals surface area contributed by atoms with E-state index >= 15 is 0 Å². The van der Waals surface area contributed by atoms with Gasteiger partial charge in [0.2, 0.25) is 5.52 Å². The predicted molar refractivity (Wildman–Crippen MR) is 112 cm³/mol. The number of nitrogens with zero attached hydrogens (tertiary/aromatic N) is 1. The van der Waals surface area contributed by atoms with Crippen LogP contribution in [0.5, 0.6) is 0 Å². The summed E-state index contributed by atoms with van der Waals surface area (Å²) < 4.78 is 2.45. The van der Waals surface area contributed by atoms with Crippen LogP contribution in [-0.4, -0.2) is 5.33 Å². The summed E-state index contributed by atoms with van der Waals surface area (Å²) >= 11 is 3.50. The number of para-hydroxylation sites is 1. The Bertz CT molecular complexity index is 796. The third-order valence-electron chi connectivity index (χ3n) is 5.04. The molecule has 0 radical (unpaired) electrons. The number of rotatable bonds is 10. The van der Waals surface area contributed by atoms with Crippen LogP contribution in [-0.2, 0) is 6.54 Å². The van der Waals surface area contributed by atoms with Crippen molar-refractivity contribution in [2.75, 3.05) is 5.33 Å². The number of aromatic nitrogens is 1. The SMILES string of the molecule is BrCCCCCCCCCC[n+]1cc2ccccc2c2ccccc21. The van der Waals surface area contributed by atoms with Crippen LogP contribution in [0, 0.1) is 0 Å². The summed E-state index contributed by atoms with van der Waals surface area (Å²) in [6.07, 6.45) is 13.2. The maximum atomic E-state index is 3.50. The zero-order chi connectivity index (χ0) is 17.3. The number of unbranched alkanes of at least 4 members (excludes halogenated alkanes) is 7. The predicted octanol–water partition coefficient (Wildman–Crippen LogP) is 6.80. The zero-order valence-electron chi connectivity index (χ0n) is 15.1. The smallest absolute Gasteiger partial charge is 0.198 e. The number of aryl methyl sites for hydroxylation is 1. The molecule has 0 atom stereocenters. The van der Waals surface area contributed by atoms with Crippen LogP contribution in [0.4, 0.5) is 0 Å². The molecule has 1 heterocycles. The monoisotopic (exact) mass is 398 g/mol. The van der Waals surface area contributed by atoms with Crippen molar-refractivity contribution in [1.29, 1.82) is 0 Å². The highest BCUT2D eigenvalue weighted by atomic mass is 79.9. The molecule has 0 amide bonds. The molecule has 0 unspecified atom stereocenters. The molecule has 25 heavy (non-hydrogen) atoms. The van der Waals surface area contributed by atoms with E-state index in [1.165, 1.54) is 73.0 Å². The van der Waals surface area contributed by atoms with E-state index in [2.05, 4.69) is 75.2 Å². The van der Waals surface area contributed by atoms with Crippen molar-refractivity contribution in [2.45, 2.75) is 57.9 Å². The zero-order valence-corrected chi connectivity index (χ0v) is 16.7. The number of benzene rings is 2. The Kier molecular flexibility index (Phi) is 7.29. The fourth-order valence-corrected chi connectivity index (χ4v) is 4.06. The second kappa shape index (κ2) is 9.91. The van der Waals surface area contributed by atoms with Gasteiger partial charge < -0.3 is 0 Å². The van der Waals surface area contributed by atoms with E-state index in [0.717, 1.165) is 11.9 Å². The van der Waals surface area contributed by atoms with E-state index in [1.54, 1.807) is 0 Å². The molecule has 1 nitrogen and oxygen atoms in total. The minimum atomic E-state index is 1.12. The fraction of sp³-hybridized carbons (Fsp3) is 0.435. The molecule has 0 aliphatic rings. The second-order valence-corrected chi connectivity index (χ2v) is 7.74. The third-order valence-corrected chi connectivity index (χ3v) is 5.60. The normalized spacial score (nSPS) is 11.4. The Morgan fingerprint density at radius 3 is 2.00 bits per heavy atom. The van der Waals surface area contributed by atoms with Crippen LogP contribution in [0.1, 0.15) is 51.4 Å². The molecule has 0 spiro atoms. The molecule has 0 saturated carbocycles. The first-order chi connectivity index (χ1) is 12.4. The molecule has 132 valence electrons. The molecule has 0 N–H and O–H groups in total. The maximum Gasteiger partial charge on any atom is 0.213 e. The topological polar surface area (TPSA) is 3.88 Å². The van der Waals surface area contributed by atoms with Gasteiger partial charge >= 0.3 is 0 Å². The number of alkyl halides is 1. The number of hydrogen-bond acceptors (Lipinski definition) is 0. The van der Waals surface area contributed by atoms with Gasteiger partial charge in [-0.2, -0.15) is 4.57 Å². The van der Waals surface area contributed by atoms with Gasteiger partial charge in [0.05, 0.1) is 5.39 Å². The summed E-state index contributed by atoms with van der Waals surface area (Å²) in [6.45, 7) is 1.12. The summed E-state index contributed by atoms with van der Waals surface area (Å²) in [5.41, 5.74) is 1.36. The Hall–Kier alpha value is -1.41. The lowest BCUT2D eigenvalue weighted by Crippen LogP contribution is -2.34. The molecule has 3 rings (SSSR count). The molecule has 0 bridgehead atoms. The molecule has 0 saturated heterocycles. The van der Waals surface area contributed by atoms with Gasteiger partial charge in [-0.15, -0.1) is 0 Å². The van der Waals surface area contributed by atoms with Crippen LogP contribution in [0.3, 0.4) is 0 Å². The summed E-state index contributed by atoms with van der Waals surface area (Å²) in [5, 5.41) is 5.22. The van der Waals surface area contributed by atoms with E-state index in [-0.39, 0.29) is 0 Å².